The van der Waals surface area contributed by atoms with Gasteiger partial charge in [-0.25, -0.2) is 4.98 Å². The molecule has 0 saturated heterocycles. The lowest BCUT2D eigenvalue weighted by Gasteiger charge is -2.15. The third kappa shape index (κ3) is 3.65. The monoisotopic (exact) mass is 312 g/mol. The van der Waals surface area contributed by atoms with Crippen LogP contribution in [-0.2, 0) is 6.54 Å². The summed E-state index contributed by atoms with van der Waals surface area (Å²) in [4.78, 5) is 4.11. The van der Waals surface area contributed by atoms with Gasteiger partial charge in [-0.1, -0.05) is 29.8 Å². The molecule has 0 aliphatic rings. The lowest BCUT2D eigenvalue weighted by atomic mass is 10.1. The second-order valence-corrected chi connectivity index (χ2v) is 5.57. The molecule has 0 radical (unpaired) electrons. The predicted octanol–water partition coefficient (Wildman–Crippen LogP) is 4.15. The lowest BCUT2D eigenvalue weighted by molar-refractivity contribution is 0.687. The van der Waals surface area contributed by atoms with Gasteiger partial charge in [0.15, 0.2) is 0 Å². The van der Waals surface area contributed by atoms with Gasteiger partial charge < -0.3 is 5.32 Å². The summed E-state index contributed by atoms with van der Waals surface area (Å²) in [6.45, 7) is 2.88. The molecule has 1 atom stereocenters. The van der Waals surface area contributed by atoms with Crippen LogP contribution in [0.2, 0.25) is 5.15 Å². The van der Waals surface area contributed by atoms with E-state index in [-0.39, 0.29) is 6.04 Å². The third-order valence-corrected chi connectivity index (χ3v) is 3.71. The highest BCUT2D eigenvalue weighted by atomic mass is 35.5. The van der Waals surface area contributed by atoms with E-state index in [1.165, 1.54) is 5.56 Å². The normalized spacial score (nSPS) is 12.1. The fourth-order valence-corrected chi connectivity index (χ4v) is 2.38. The van der Waals surface area contributed by atoms with Crippen molar-refractivity contribution >= 4 is 17.3 Å². The number of benzene rings is 1. The zero-order valence-electron chi connectivity index (χ0n) is 12.3. The van der Waals surface area contributed by atoms with Crippen LogP contribution in [0.3, 0.4) is 0 Å². The summed E-state index contributed by atoms with van der Waals surface area (Å²) in [5.41, 5.74) is 3.40. The summed E-state index contributed by atoms with van der Waals surface area (Å²) < 4.78 is 1.91. The summed E-state index contributed by atoms with van der Waals surface area (Å²) in [6.07, 6.45) is 5.55. The van der Waals surface area contributed by atoms with E-state index in [2.05, 4.69) is 46.6 Å². The average Bonchev–Trinajstić information content (AvgIpc) is 3.03. The van der Waals surface area contributed by atoms with Crippen LogP contribution in [0.5, 0.6) is 0 Å². The van der Waals surface area contributed by atoms with Crippen LogP contribution in [0, 0.1) is 0 Å². The fraction of sp³-hybridized carbons (Fsp3) is 0.176. The van der Waals surface area contributed by atoms with E-state index in [1.54, 1.807) is 12.4 Å². The standard InChI is InChI=1S/C17H17ClN4/c1-13(15-5-8-17(18)19-11-15)21-16-6-3-14(4-7-16)12-22-10-2-9-20-22/h2-11,13,21H,12H2,1H3. The van der Waals surface area contributed by atoms with Crippen LogP contribution in [0.1, 0.15) is 24.1 Å². The highest BCUT2D eigenvalue weighted by Gasteiger charge is 2.06. The van der Waals surface area contributed by atoms with Gasteiger partial charge in [-0.3, -0.25) is 4.68 Å². The molecule has 1 unspecified atom stereocenters. The van der Waals surface area contributed by atoms with Crippen LogP contribution in [0.4, 0.5) is 5.69 Å². The van der Waals surface area contributed by atoms with Gasteiger partial charge in [-0.15, -0.1) is 0 Å². The predicted molar refractivity (Wildman–Crippen MR) is 89.1 cm³/mol. The Morgan fingerprint density at radius 1 is 1.18 bits per heavy atom. The number of anilines is 1. The highest BCUT2D eigenvalue weighted by Crippen LogP contribution is 2.20. The van der Waals surface area contributed by atoms with E-state index >= 15 is 0 Å². The molecule has 3 rings (SSSR count). The molecule has 1 N–H and O–H groups in total. The van der Waals surface area contributed by atoms with Crippen molar-refractivity contribution in [3.63, 3.8) is 0 Å². The molecule has 0 aliphatic carbocycles. The highest BCUT2D eigenvalue weighted by molar-refractivity contribution is 6.29. The van der Waals surface area contributed by atoms with Gasteiger partial charge in [0.25, 0.3) is 0 Å². The summed E-state index contributed by atoms with van der Waals surface area (Å²) in [5, 5.41) is 8.18. The average molecular weight is 313 g/mol. The van der Waals surface area contributed by atoms with Gasteiger partial charge in [0.2, 0.25) is 0 Å². The Morgan fingerprint density at radius 3 is 2.64 bits per heavy atom. The molecule has 0 amide bonds. The number of nitrogens with zero attached hydrogens (tertiary/aromatic N) is 3. The minimum atomic E-state index is 0.168. The van der Waals surface area contributed by atoms with Crippen LogP contribution in [-0.4, -0.2) is 14.8 Å². The van der Waals surface area contributed by atoms with E-state index in [1.807, 2.05) is 29.1 Å². The van der Waals surface area contributed by atoms with Gasteiger partial charge >= 0.3 is 0 Å². The molecular formula is C17H17ClN4. The van der Waals surface area contributed by atoms with Crippen molar-refractivity contribution in [2.45, 2.75) is 19.5 Å². The van der Waals surface area contributed by atoms with E-state index < -0.39 is 0 Å². The SMILES string of the molecule is CC(Nc1ccc(Cn2cccn2)cc1)c1ccc(Cl)nc1. The molecule has 2 aromatic heterocycles. The molecule has 1 aromatic carbocycles. The first-order chi connectivity index (χ1) is 10.7. The van der Waals surface area contributed by atoms with E-state index in [0.29, 0.717) is 5.15 Å². The zero-order valence-corrected chi connectivity index (χ0v) is 13.0. The minimum Gasteiger partial charge on any atom is -0.378 e. The van der Waals surface area contributed by atoms with Crippen molar-refractivity contribution in [1.82, 2.24) is 14.8 Å². The molecular weight excluding hydrogens is 296 g/mol. The first-order valence-electron chi connectivity index (χ1n) is 7.15. The molecule has 112 valence electrons. The molecule has 0 saturated carbocycles. The Hall–Kier alpha value is -2.33. The maximum absolute atomic E-state index is 5.81. The van der Waals surface area contributed by atoms with Gasteiger partial charge in [-0.2, -0.15) is 5.10 Å². The quantitative estimate of drug-likeness (QED) is 0.720. The Morgan fingerprint density at radius 2 is 2.00 bits per heavy atom. The van der Waals surface area contributed by atoms with Crippen molar-refractivity contribution in [2.75, 3.05) is 5.32 Å². The fourth-order valence-electron chi connectivity index (χ4n) is 2.26. The number of aromatic nitrogens is 3. The number of hydrogen-bond donors (Lipinski definition) is 1. The molecule has 4 nitrogen and oxygen atoms in total. The first-order valence-corrected chi connectivity index (χ1v) is 7.53. The number of nitrogens with one attached hydrogen (secondary N) is 1. The Balaban J connectivity index is 1.64. The topological polar surface area (TPSA) is 42.7 Å². The second kappa shape index (κ2) is 6.62. The maximum Gasteiger partial charge on any atom is 0.129 e. The summed E-state index contributed by atoms with van der Waals surface area (Å²) in [5.74, 6) is 0. The number of rotatable bonds is 5. The lowest BCUT2D eigenvalue weighted by Crippen LogP contribution is -2.07. The summed E-state index contributed by atoms with van der Waals surface area (Å²) in [7, 11) is 0. The maximum atomic E-state index is 5.81. The van der Waals surface area contributed by atoms with E-state index in [4.69, 9.17) is 11.6 Å². The third-order valence-electron chi connectivity index (χ3n) is 3.49. The van der Waals surface area contributed by atoms with Crippen LogP contribution < -0.4 is 5.32 Å². The van der Waals surface area contributed by atoms with Crippen molar-refractivity contribution in [3.8, 4) is 0 Å². The van der Waals surface area contributed by atoms with Gasteiger partial charge in [0.05, 0.1) is 12.6 Å². The van der Waals surface area contributed by atoms with E-state index in [0.717, 1.165) is 17.8 Å². The summed E-state index contributed by atoms with van der Waals surface area (Å²) >= 11 is 5.81. The number of pyridine rings is 1. The Bertz CT molecular complexity index is 705. The van der Waals surface area contributed by atoms with Gasteiger partial charge in [-0.05, 0) is 42.3 Å². The smallest absolute Gasteiger partial charge is 0.129 e. The molecule has 0 aliphatic heterocycles. The number of hydrogen-bond acceptors (Lipinski definition) is 3. The first kappa shape index (κ1) is 14.6. The molecule has 0 fully saturated rings. The van der Waals surface area contributed by atoms with Crippen molar-refractivity contribution in [3.05, 3.63) is 77.3 Å². The molecule has 0 spiro atoms. The van der Waals surface area contributed by atoms with Crippen molar-refractivity contribution in [1.29, 1.82) is 0 Å². The van der Waals surface area contributed by atoms with E-state index in [9.17, 15) is 0 Å². The Labute approximate surface area is 134 Å². The van der Waals surface area contributed by atoms with Crippen LogP contribution >= 0.6 is 11.6 Å². The van der Waals surface area contributed by atoms with Crippen LogP contribution in [0.25, 0.3) is 0 Å². The molecule has 2 heterocycles. The summed E-state index contributed by atoms with van der Waals surface area (Å²) in [6, 6.07) is 14.3. The molecule has 5 heteroatoms. The Kier molecular flexibility index (Phi) is 4.39. The molecule has 22 heavy (non-hydrogen) atoms. The molecule has 3 aromatic rings. The second-order valence-electron chi connectivity index (χ2n) is 5.18. The minimum absolute atomic E-state index is 0.168. The van der Waals surface area contributed by atoms with Gasteiger partial charge in [0, 0.05) is 24.3 Å². The van der Waals surface area contributed by atoms with Crippen LogP contribution in [0.15, 0.2) is 61.1 Å². The zero-order chi connectivity index (χ0) is 15.4. The van der Waals surface area contributed by atoms with Crippen molar-refractivity contribution in [2.24, 2.45) is 0 Å². The largest absolute Gasteiger partial charge is 0.378 e. The van der Waals surface area contributed by atoms with Crippen molar-refractivity contribution < 1.29 is 0 Å². The number of halogens is 1. The van der Waals surface area contributed by atoms with Gasteiger partial charge in [0.1, 0.15) is 5.15 Å². The molecule has 0 bridgehead atoms.